The van der Waals surface area contributed by atoms with Crippen molar-refractivity contribution in [2.45, 2.75) is 25.8 Å². The molecule has 0 saturated heterocycles. The van der Waals surface area contributed by atoms with Gasteiger partial charge < -0.3 is 5.32 Å². The van der Waals surface area contributed by atoms with E-state index in [1.165, 1.54) is 6.07 Å². The van der Waals surface area contributed by atoms with Gasteiger partial charge in [-0.2, -0.15) is 0 Å². The number of nitrogens with one attached hydrogen (secondary N) is 1. The molecule has 106 valence electrons. The van der Waals surface area contributed by atoms with Crippen molar-refractivity contribution in [1.82, 2.24) is 10.3 Å². The molecule has 0 aliphatic heterocycles. The van der Waals surface area contributed by atoms with E-state index >= 15 is 0 Å². The summed E-state index contributed by atoms with van der Waals surface area (Å²) in [6.07, 6.45) is 5.30. The van der Waals surface area contributed by atoms with Gasteiger partial charge in [-0.1, -0.05) is 35.0 Å². The minimum Gasteiger partial charge on any atom is -0.310 e. The van der Waals surface area contributed by atoms with Gasteiger partial charge in [0.25, 0.3) is 0 Å². The summed E-state index contributed by atoms with van der Waals surface area (Å²) >= 11 is 3.46. The largest absolute Gasteiger partial charge is 0.310 e. The fourth-order valence-corrected chi connectivity index (χ4v) is 2.81. The van der Waals surface area contributed by atoms with Gasteiger partial charge in [0.2, 0.25) is 0 Å². The van der Waals surface area contributed by atoms with Gasteiger partial charge in [0.05, 0.1) is 0 Å². The first-order valence-corrected chi connectivity index (χ1v) is 7.58. The minimum atomic E-state index is -0.183. The standard InChI is InChI=1S/C16H18BrFN2/c1-2-8-20-15(10-12-5-4-9-19-11-12)16-13(17)6-3-7-14(16)18/h3-7,9,11,15,20H,2,8,10H2,1H3. The maximum absolute atomic E-state index is 14.1. The van der Waals surface area contributed by atoms with E-state index in [1.807, 2.05) is 24.4 Å². The highest BCUT2D eigenvalue weighted by Gasteiger charge is 2.18. The summed E-state index contributed by atoms with van der Waals surface area (Å²) < 4.78 is 14.9. The van der Waals surface area contributed by atoms with E-state index in [1.54, 1.807) is 12.3 Å². The Morgan fingerprint density at radius 3 is 2.80 bits per heavy atom. The fraction of sp³-hybridized carbons (Fsp3) is 0.312. The van der Waals surface area contributed by atoms with Crippen molar-refractivity contribution in [2.75, 3.05) is 6.54 Å². The van der Waals surface area contributed by atoms with Crippen molar-refractivity contribution >= 4 is 15.9 Å². The van der Waals surface area contributed by atoms with Crippen molar-refractivity contribution in [2.24, 2.45) is 0 Å². The number of hydrogen-bond donors (Lipinski definition) is 1. The summed E-state index contributed by atoms with van der Waals surface area (Å²) in [5.41, 5.74) is 1.78. The Morgan fingerprint density at radius 2 is 2.15 bits per heavy atom. The lowest BCUT2D eigenvalue weighted by Gasteiger charge is -2.21. The van der Waals surface area contributed by atoms with Crippen molar-refractivity contribution < 1.29 is 4.39 Å². The van der Waals surface area contributed by atoms with Crippen LogP contribution in [-0.4, -0.2) is 11.5 Å². The minimum absolute atomic E-state index is 0.0604. The van der Waals surface area contributed by atoms with E-state index in [2.05, 4.69) is 33.2 Å². The Labute approximate surface area is 127 Å². The van der Waals surface area contributed by atoms with Crippen LogP contribution in [0.25, 0.3) is 0 Å². The molecule has 0 fully saturated rings. The summed E-state index contributed by atoms with van der Waals surface area (Å²) in [5, 5.41) is 3.42. The number of benzene rings is 1. The van der Waals surface area contributed by atoms with Gasteiger partial charge in [0.15, 0.2) is 0 Å². The van der Waals surface area contributed by atoms with Gasteiger partial charge in [0.1, 0.15) is 5.82 Å². The fourth-order valence-electron chi connectivity index (χ4n) is 2.19. The van der Waals surface area contributed by atoms with Crippen LogP contribution in [0, 0.1) is 5.82 Å². The lowest BCUT2D eigenvalue weighted by Crippen LogP contribution is -2.25. The van der Waals surface area contributed by atoms with Crippen molar-refractivity contribution in [1.29, 1.82) is 0 Å². The van der Waals surface area contributed by atoms with Gasteiger partial charge in [-0.05, 0) is 43.1 Å². The third-order valence-electron chi connectivity index (χ3n) is 3.15. The van der Waals surface area contributed by atoms with Crippen LogP contribution < -0.4 is 5.32 Å². The molecule has 2 nitrogen and oxygen atoms in total. The first kappa shape index (κ1) is 15.1. The molecule has 1 aromatic heterocycles. The van der Waals surface area contributed by atoms with Gasteiger partial charge in [-0.25, -0.2) is 4.39 Å². The van der Waals surface area contributed by atoms with Crippen molar-refractivity contribution in [3.63, 3.8) is 0 Å². The number of rotatable bonds is 6. The van der Waals surface area contributed by atoms with Crippen LogP contribution in [0.1, 0.15) is 30.5 Å². The molecule has 1 N–H and O–H groups in total. The molecule has 0 bridgehead atoms. The average molecular weight is 337 g/mol. The lowest BCUT2D eigenvalue weighted by atomic mass is 9.99. The predicted octanol–water partition coefficient (Wildman–Crippen LogP) is 4.27. The lowest BCUT2D eigenvalue weighted by molar-refractivity contribution is 0.494. The molecule has 4 heteroatoms. The summed E-state index contributed by atoms with van der Waals surface area (Å²) in [6.45, 7) is 2.95. The van der Waals surface area contributed by atoms with E-state index in [9.17, 15) is 4.39 Å². The Balaban J connectivity index is 2.27. The molecule has 0 aliphatic carbocycles. The molecule has 0 saturated carbocycles. The molecule has 0 radical (unpaired) electrons. The van der Waals surface area contributed by atoms with Crippen molar-refractivity contribution in [3.8, 4) is 0 Å². The molecule has 20 heavy (non-hydrogen) atoms. The average Bonchev–Trinajstić information content (AvgIpc) is 2.45. The van der Waals surface area contributed by atoms with Gasteiger partial charge in [-0.15, -0.1) is 0 Å². The summed E-state index contributed by atoms with van der Waals surface area (Å²) in [7, 11) is 0. The van der Waals surface area contributed by atoms with E-state index < -0.39 is 0 Å². The highest BCUT2D eigenvalue weighted by molar-refractivity contribution is 9.10. The predicted molar refractivity (Wildman–Crippen MR) is 83.1 cm³/mol. The van der Waals surface area contributed by atoms with Crippen LogP contribution >= 0.6 is 15.9 Å². The van der Waals surface area contributed by atoms with Crippen LogP contribution in [-0.2, 0) is 6.42 Å². The maximum atomic E-state index is 14.1. The molecule has 1 atom stereocenters. The quantitative estimate of drug-likeness (QED) is 0.852. The van der Waals surface area contributed by atoms with Crippen LogP contribution in [0.3, 0.4) is 0 Å². The number of hydrogen-bond acceptors (Lipinski definition) is 2. The molecular formula is C16H18BrFN2. The van der Waals surface area contributed by atoms with Gasteiger partial charge in [0, 0.05) is 28.5 Å². The summed E-state index contributed by atoms with van der Waals surface area (Å²) in [5.74, 6) is -0.183. The normalized spacial score (nSPS) is 12.3. The van der Waals surface area contributed by atoms with E-state index in [0.717, 1.165) is 23.0 Å². The summed E-state index contributed by atoms with van der Waals surface area (Å²) in [6, 6.07) is 8.95. The molecule has 1 aromatic carbocycles. The second-order valence-corrected chi connectivity index (χ2v) is 5.56. The van der Waals surface area contributed by atoms with Crippen LogP contribution in [0.15, 0.2) is 47.2 Å². The summed E-state index contributed by atoms with van der Waals surface area (Å²) in [4.78, 5) is 4.12. The first-order chi connectivity index (χ1) is 9.72. The molecule has 1 unspecified atom stereocenters. The first-order valence-electron chi connectivity index (χ1n) is 6.78. The van der Waals surface area contributed by atoms with E-state index in [0.29, 0.717) is 12.0 Å². The van der Waals surface area contributed by atoms with Gasteiger partial charge >= 0.3 is 0 Å². The van der Waals surface area contributed by atoms with Gasteiger partial charge in [-0.3, -0.25) is 4.98 Å². The Bertz CT molecular complexity index is 525. The molecule has 1 heterocycles. The molecule has 0 aliphatic rings. The maximum Gasteiger partial charge on any atom is 0.129 e. The molecule has 0 spiro atoms. The van der Waals surface area contributed by atoms with Crippen molar-refractivity contribution in [3.05, 3.63) is 64.1 Å². The van der Waals surface area contributed by atoms with E-state index in [-0.39, 0.29) is 11.9 Å². The zero-order valence-electron chi connectivity index (χ0n) is 11.4. The van der Waals surface area contributed by atoms with Crippen LogP contribution in [0.4, 0.5) is 4.39 Å². The Morgan fingerprint density at radius 1 is 1.30 bits per heavy atom. The Kier molecular flexibility index (Phi) is 5.68. The van der Waals surface area contributed by atoms with E-state index in [4.69, 9.17) is 0 Å². The SMILES string of the molecule is CCCNC(Cc1cccnc1)c1c(F)cccc1Br. The number of halogens is 2. The third kappa shape index (κ3) is 3.87. The highest BCUT2D eigenvalue weighted by Crippen LogP contribution is 2.28. The molecule has 0 amide bonds. The second kappa shape index (κ2) is 7.50. The Hall–Kier alpha value is -1.26. The zero-order chi connectivity index (χ0) is 14.4. The van der Waals surface area contributed by atoms with Crippen LogP contribution in [0.2, 0.25) is 0 Å². The molecular weight excluding hydrogens is 319 g/mol. The zero-order valence-corrected chi connectivity index (χ0v) is 13.0. The number of aromatic nitrogens is 1. The third-order valence-corrected chi connectivity index (χ3v) is 3.84. The molecule has 2 rings (SSSR count). The van der Waals surface area contributed by atoms with Crippen LogP contribution in [0.5, 0.6) is 0 Å². The molecule has 2 aromatic rings. The highest BCUT2D eigenvalue weighted by atomic mass is 79.9. The monoisotopic (exact) mass is 336 g/mol. The number of pyridine rings is 1. The second-order valence-electron chi connectivity index (χ2n) is 4.71. The topological polar surface area (TPSA) is 24.9 Å². The smallest absolute Gasteiger partial charge is 0.129 e. The number of nitrogens with zero attached hydrogens (tertiary/aromatic N) is 1.